The Hall–Kier alpha value is -3.12. The molecular formula is C18H19NO5. The number of rotatable bonds is 8. The molecule has 1 rings (SSSR count). The summed E-state index contributed by atoms with van der Waals surface area (Å²) in [6.07, 6.45) is 5.29. The number of carbonyl (C=O) groups is 2. The minimum absolute atomic E-state index is 0.134. The second kappa shape index (κ2) is 9.81. The molecule has 0 aliphatic rings. The summed E-state index contributed by atoms with van der Waals surface area (Å²) in [5.74, 6) is 7.12. The Bertz CT molecular complexity index is 694. The zero-order chi connectivity index (χ0) is 17.9. The van der Waals surface area contributed by atoms with E-state index in [1.54, 1.807) is 13.8 Å². The van der Waals surface area contributed by atoms with Gasteiger partial charge in [-0.15, -0.1) is 12.3 Å². The monoisotopic (exact) mass is 329 g/mol. The highest BCUT2D eigenvalue weighted by molar-refractivity contribution is 5.95. The predicted octanol–water partition coefficient (Wildman–Crippen LogP) is 1.65. The Morgan fingerprint density at radius 2 is 2.00 bits per heavy atom. The molecule has 0 saturated heterocycles. The van der Waals surface area contributed by atoms with Crippen molar-refractivity contribution < 1.29 is 24.2 Å². The molecule has 6 heteroatoms. The third kappa shape index (κ3) is 5.58. The van der Waals surface area contributed by atoms with E-state index in [0.29, 0.717) is 17.9 Å². The number of carbonyl (C=O) groups excluding carboxylic acids is 1. The van der Waals surface area contributed by atoms with Crippen molar-refractivity contribution in [3.63, 3.8) is 0 Å². The largest absolute Gasteiger partial charge is 0.490 e. The second-order valence-corrected chi connectivity index (χ2v) is 4.57. The lowest BCUT2D eigenvalue weighted by atomic mass is 10.1. The predicted molar refractivity (Wildman–Crippen MR) is 88.9 cm³/mol. The van der Waals surface area contributed by atoms with Gasteiger partial charge in [-0.05, 0) is 32.0 Å². The van der Waals surface area contributed by atoms with Crippen molar-refractivity contribution in [2.75, 3.05) is 26.3 Å². The molecule has 0 bridgehead atoms. The summed E-state index contributed by atoms with van der Waals surface area (Å²) in [4.78, 5) is 24.6. The summed E-state index contributed by atoms with van der Waals surface area (Å²) in [5.41, 5.74) is 0.356. The van der Waals surface area contributed by atoms with Crippen molar-refractivity contribution in [3.8, 4) is 35.7 Å². The lowest BCUT2D eigenvalue weighted by Gasteiger charge is -2.18. The summed E-state index contributed by atoms with van der Waals surface area (Å²) in [6, 6.07) is 4.54. The molecule has 0 aliphatic carbocycles. The molecule has 0 saturated carbocycles. The zero-order valence-corrected chi connectivity index (χ0v) is 13.7. The van der Waals surface area contributed by atoms with E-state index in [9.17, 15) is 9.59 Å². The lowest BCUT2D eigenvalue weighted by Crippen LogP contribution is -2.31. The first-order valence-corrected chi connectivity index (χ1v) is 7.27. The van der Waals surface area contributed by atoms with E-state index >= 15 is 0 Å². The molecule has 24 heavy (non-hydrogen) atoms. The minimum Gasteiger partial charge on any atom is -0.490 e. The summed E-state index contributed by atoms with van der Waals surface area (Å²) in [7, 11) is 0. The minimum atomic E-state index is -1.10. The van der Waals surface area contributed by atoms with Crippen LogP contribution in [0, 0.1) is 24.2 Å². The van der Waals surface area contributed by atoms with Gasteiger partial charge in [0.1, 0.15) is 0 Å². The quantitative estimate of drug-likeness (QED) is 0.734. The van der Waals surface area contributed by atoms with E-state index in [4.69, 9.17) is 21.0 Å². The van der Waals surface area contributed by atoms with Crippen LogP contribution in [-0.2, 0) is 4.79 Å². The molecule has 0 atom stereocenters. The van der Waals surface area contributed by atoms with Crippen LogP contribution < -0.4 is 9.47 Å². The fraction of sp³-hybridized carbons (Fsp3) is 0.333. The SMILES string of the molecule is C#CCN(CC#CC)C(=O)c1ccc(OCC(=O)O)c(OCC)c1. The molecular weight excluding hydrogens is 310 g/mol. The molecule has 0 radical (unpaired) electrons. The Morgan fingerprint density at radius 1 is 1.25 bits per heavy atom. The molecule has 0 aliphatic heterocycles. The maximum Gasteiger partial charge on any atom is 0.341 e. The number of carboxylic acid groups (broad SMARTS) is 1. The van der Waals surface area contributed by atoms with Crippen LogP contribution in [0.5, 0.6) is 11.5 Å². The van der Waals surface area contributed by atoms with E-state index in [0.717, 1.165) is 0 Å². The van der Waals surface area contributed by atoms with E-state index in [2.05, 4.69) is 17.8 Å². The van der Waals surface area contributed by atoms with Gasteiger partial charge < -0.3 is 19.5 Å². The Labute approximate surface area is 141 Å². The van der Waals surface area contributed by atoms with Crippen LogP contribution in [0.1, 0.15) is 24.2 Å². The van der Waals surface area contributed by atoms with Crippen LogP contribution in [0.3, 0.4) is 0 Å². The normalized spacial score (nSPS) is 9.21. The molecule has 1 aromatic rings. The fourth-order valence-electron chi connectivity index (χ4n) is 1.83. The third-order valence-corrected chi connectivity index (χ3v) is 2.86. The van der Waals surface area contributed by atoms with Gasteiger partial charge in [-0.3, -0.25) is 4.79 Å². The Balaban J connectivity index is 3.06. The third-order valence-electron chi connectivity index (χ3n) is 2.86. The van der Waals surface area contributed by atoms with Crippen LogP contribution in [-0.4, -0.2) is 48.2 Å². The first-order valence-electron chi connectivity index (χ1n) is 7.27. The van der Waals surface area contributed by atoms with Crippen LogP contribution >= 0.6 is 0 Å². The van der Waals surface area contributed by atoms with Gasteiger partial charge >= 0.3 is 5.97 Å². The number of benzene rings is 1. The van der Waals surface area contributed by atoms with E-state index in [1.807, 2.05) is 0 Å². The van der Waals surface area contributed by atoms with Gasteiger partial charge in [-0.1, -0.05) is 11.8 Å². The van der Waals surface area contributed by atoms with Crippen LogP contribution in [0.25, 0.3) is 0 Å². The van der Waals surface area contributed by atoms with E-state index in [1.165, 1.54) is 23.1 Å². The number of aliphatic carboxylic acids is 1. The molecule has 0 aromatic heterocycles. The molecule has 0 heterocycles. The van der Waals surface area contributed by atoms with Crippen LogP contribution in [0.4, 0.5) is 0 Å². The van der Waals surface area contributed by atoms with E-state index in [-0.39, 0.29) is 24.7 Å². The molecule has 1 N–H and O–H groups in total. The van der Waals surface area contributed by atoms with E-state index < -0.39 is 12.6 Å². The first kappa shape index (κ1) is 18.9. The average molecular weight is 329 g/mol. The molecule has 1 amide bonds. The number of hydrogen-bond donors (Lipinski definition) is 1. The highest BCUT2D eigenvalue weighted by Gasteiger charge is 2.17. The second-order valence-electron chi connectivity index (χ2n) is 4.57. The topological polar surface area (TPSA) is 76.1 Å². The van der Waals surface area contributed by atoms with Gasteiger partial charge in [0.05, 0.1) is 19.7 Å². The fourth-order valence-corrected chi connectivity index (χ4v) is 1.83. The zero-order valence-electron chi connectivity index (χ0n) is 13.7. The van der Waals surface area contributed by atoms with Gasteiger partial charge in [0.15, 0.2) is 18.1 Å². The van der Waals surface area contributed by atoms with Gasteiger partial charge in [0.25, 0.3) is 5.91 Å². The maximum absolute atomic E-state index is 12.5. The highest BCUT2D eigenvalue weighted by Crippen LogP contribution is 2.29. The molecule has 0 fully saturated rings. The van der Waals surface area contributed by atoms with Crippen molar-refractivity contribution in [1.29, 1.82) is 0 Å². The van der Waals surface area contributed by atoms with Crippen molar-refractivity contribution in [3.05, 3.63) is 23.8 Å². The number of hydrogen-bond acceptors (Lipinski definition) is 4. The number of amides is 1. The molecule has 0 spiro atoms. The van der Waals surface area contributed by atoms with Crippen LogP contribution in [0.15, 0.2) is 18.2 Å². The van der Waals surface area contributed by atoms with Crippen molar-refractivity contribution >= 4 is 11.9 Å². The number of nitrogens with zero attached hydrogens (tertiary/aromatic N) is 1. The first-order chi connectivity index (χ1) is 11.5. The smallest absolute Gasteiger partial charge is 0.341 e. The molecule has 126 valence electrons. The Kier molecular flexibility index (Phi) is 7.73. The van der Waals surface area contributed by atoms with Gasteiger partial charge in [-0.2, -0.15) is 0 Å². The van der Waals surface area contributed by atoms with Gasteiger partial charge in [-0.25, -0.2) is 4.79 Å². The number of carboxylic acids is 1. The van der Waals surface area contributed by atoms with Crippen molar-refractivity contribution in [2.45, 2.75) is 13.8 Å². The highest BCUT2D eigenvalue weighted by atomic mass is 16.5. The number of ether oxygens (including phenoxy) is 2. The molecule has 1 aromatic carbocycles. The van der Waals surface area contributed by atoms with Crippen LogP contribution in [0.2, 0.25) is 0 Å². The maximum atomic E-state index is 12.5. The van der Waals surface area contributed by atoms with Gasteiger partial charge in [0, 0.05) is 5.56 Å². The number of terminal acetylenes is 1. The van der Waals surface area contributed by atoms with Crippen molar-refractivity contribution in [2.24, 2.45) is 0 Å². The standard InChI is InChI=1S/C18H19NO5/c1-4-7-11-19(10-5-2)18(22)14-8-9-15(24-13-17(20)21)16(12-14)23-6-3/h2,8-9,12H,6,10-11,13H2,1,3H3,(H,20,21). The average Bonchev–Trinajstić information content (AvgIpc) is 2.57. The molecule has 0 unspecified atom stereocenters. The van der Waals surface area contributed by atoms with Crippen molar-refractivity contribution in [1.82, 2.24) is 4.90 Å². The summed E-state index contributed by atoms with van der Waals surface area (Å²) >= 11 is 0. The lowest BCUT2D eigenvalue weighted by molar-refractivity contribution is -0.139. The Morgan fingerprint density at radius 3 is 2.58 bits per heavy atom. The summed E-state index contributed by atoms with van der Waals surface area (Å²) < 4.78 is 10.6. The summed E-state index contributed by atoms with van der Waals surface area (Å²) in [6.45, 7) is 3.66. The summed E-state index contributed by atoms with van der Waals surface area (Å²) in [5, 5.41) is 8.69. The van der Waals surface area contributed by atoms with Gasteiger partial charge in [0.2, 0.25) is 0 Å². The molecule has 6 nitrogen and oxygen atoms in total.